The highest BCUT2D eigenvalue weighted by Gasteiger charge is 2.28. The van der Waals surface area contributed by atoms with Gasteiger partial charge in [-0.1, -0.05) is 6.92 Å². The Morgan fingerprint density at radius 2 is 1.68 bits per heavy atom. The van der Waals surface area contributed by atoms with Crippen LogP contribution < -0.4 is 10.5 Å². The lowest BCUT2D eigenvalue weighted by molar-refractivity contribution is -0.131. The summed E-state index contributed by atoms with van der Waals surface area (Å²) in [4.78, 5) is 28.3. The number of amides is 1. The molecule has 0 radical (unpaired) electrons. The number of halogens is 1. The number of carbonyl (C=O) groups excluding carboxylic acids is 2. The third-order valence-electron chi connectivity index (χ3n) is 5.28. The number of ether oxygens (including phenoxy) is 2. The SMILES string of the molecule is CCc1c(O)cc(O)c(C(=O)c2ccc(OC)cc2)c1CC(=O)N(CCOC)CC(C)(C)N.Cl. The third-order valence-corrected chi connectivity index (χ3v) is 5.28. The van der Waals surface area contributed by atoms with E-state index in [4.69, 9.17) is 15.2 Å². The molecule has 1 amide bonds. The van der Waals surface area contributed by atoms with Crippen molar-refractivity contribution in [3.63, 3.8) is 0 Å². The van der Waals surface area contributed by atoms with Gasteiger partial charge in [0.2, 0.25) is 5.91 Å². The molecule has 0 bridgehead atoms. The molecule has 0 aliphatic heterocycles. The Hall–Kier alpha value is -2.81. The topological polar surface area (TPSA) is 122 Å². The van der Waals surface area contributed by atoms with Gasteiger partial charge in [-0.25, -0.2) is 0 Å². The van der Waals surface area contributed by atoms with Gasteiger partial charge in [-0.3, -0.25) is 9.59 Å². The average Bonchev–Trinajstić information content (AvgIpc) is 2.75. The first-order valence-electron chi connectivity index (χ1n) is 10.8. The van der Waals surface area contributed by atoms with Crippen LogP contribution in [-0.2, 0) is 22.4 Å². The Bertz CT molecular complexity index is 986. The van der Waals surface area contributed by atoms with Crippen LogP contribution in [0.15, 0.2) is 30.3 Å². The standard InChI is InChI=1S/C25H34N2O6.ClH/c1-6-18-19(13-22(30)27(11-12-32-4)15-25(2,3)26)23(21(29)14-20(18)28)24(31)16-7-9-17(33-5)10-8-16;/h7-10,14,28-29H,6,11-13,15,26H2,1-5H3;1H. The molecule has 0 unspecified atom stereocenters. The quantitative estimate of drug-likeness (QED) is 0.410. The molecule has 2 aromatic rings. The number of aromatic hydroxyl groups is 2. The highest BCUT2D eigenvalue weighted by Crippen LogP contribution is 2.35. The first-order chi connectivity index (χ1) is 15.5. The van der Waals surface area contributed by atoms with Crippen LogP contribution in [0.4, 0.5) is 0 Å². The van der Waals surface area contributed by atoms with E-state index in [-0.39, 0.29) is 48.3 Å². The molecule has 9 heteroatoms. The highest BCUT2D eigenvalue weighted by molar-refractivity contribution is 6.12. The minimum absolute atomic E-state index is 0. The molecular formula is C25H35ClN2O6. The van der Waals surface area contributed by atoms with E-state index < -0.39 is 11.3 Å². The predicted molar refractivity (Wildman–Crippen MR) is 133 cm³/mol. The van der Waals surface area contributed by atoms with Gasteiger partial charge < -0.3 is 30.3 Å². The number of nitrogens with two attached hydrogens (primary N) is 1. The van der Waals surface area contributed by atoms with Crippen LogP contribution in [0, 0.1) is 0 Å². The van der Waals surface area contributed by atoms with Crippen molar-refractivity contribution >= 4 is 24.1 Å². The molecular weight excluding hydrogens is 460 g/mol. The summed E-state index contributed by atoms with van der Waals surface area (Å²) in [5, 5.41) is 21.1. The number of phenolic OH excluding ortho intramolecular Hbond substituents is 2. The summed E-state index contributed by atoms with van der Waals surface area (Å²) >= 11 is 0. The Morgan fingerprint density at radius 1 is 1.06 bits per heavy atom. The second-order valence-electron chi connectivity index (χ2n) is 8.63. The molecule has 34 heavy (non-hydrogen) atoms. The fraction of sp³-hybridized carbons (Fsp3) is 0.440. The van der Waals surface area contributed by atoms with Crippen molar-refractivity contribution in [1.82, 2.24) is 4.90 Å². The van der Waals surface area contributed by atoms with Gasteiger partial charge in [-0.2, -0.15) is 0 Å². The van der Waals surface area contributed by atoms with Gasteiger partial charge >= 0.3 is 0 Å². The highest BCUT2D eigenvalue weighted by atomic mass is 35.5. The molecule has 0 aliphatic carbocycles. The van der Waals surface area contributed by atoms with E-state index in [0.717, 1.165) is 6.07 Å². The number of hydrogen-bond donors (Lipinski definition) is 3. The molecule has 2 aromatic carbocycles. The molecule has 0 aliphatic rings. The van der Waals surface area contributed by atoms with Crippen molar-refractivity contribution in [2.24, 2.45) is 5.73 Å². The van der Waals surface area contributed by atoms with Crippen LogP contribution in [0.3, 0.4) is 0 Å². The van der Waals surface area contributed by atoms with Gasteiger partial charge in [-0.05, 0) is 55.7 Å². The summed E-state index contributed by atoms with van der Waals surface area (Å²) in [5.74, 6) is -0.684. The van der Waals surface area contributed by atoms with E-state index in [1.54, 1.807) is 36.3 Å². The summed E-state index contributed by atoms with van der Waals surface area (Å²) in [6.07, 6.45) is 0.195. The van der Waals surface area contributed by atoms with Gasteiger partial charge in [0.1, 0.15) is 17.2 Å². The Morgan fingerprint density at radius 3 is 2.18 bits per heavy atom. The zero-order valence-corrected chi connectivity index (χ0v) is 21.2. The Balaban J connectivity index is 0.00000578. The molecule has 8 nitrogen and oxygen atoms in total. The van der Waals surface area contributed by atoms with Crippen LogP contribution in [0.25, 0.3) is 0 Å². The van der Waals surface area contributed by atoms with Crippen molar-refractivity contribution < 1.29 is 29.3 Å². The molecule has 0 aromatic heterocycles. The molecule has 0 heterocycles. The van der Waals surface area contributed by atoms with E-state index in [2.05, 4.69) is 0 Å². The zero-order valence-electron chi connectivity index (χ0n) is 20.4. The lowest BCUT2D eigenvalue weighted by Crippen LogP contribution is -2.49. The molecule has 2 rings (SSSR count). The first-order valence-corrected chi connectivity index (χ1v) is 10.8. The summed E-state index contributed by atoms with van der Waals surface area (Å²) in [7, 11) is 3.07. The van der Waals surface area contributed by atoms with E-state index >= 15 is 0 Å². The van der Waals surface area contributed by atoms with Crippen LogP contribution in [0.2, 0.25) is 0 Å². The lowest BCUT2D eigenvalue weighted by atomic mass is 9.89. The molecule has 188 valence electrons. The summed E-state index contributed by atoms with van der Waals surface area (Å²) in [6.45, 7) is 6.37. The lowest BCUT2D eigenvalue weighted by Gasteiger charge is -2.30. The van der Waals surface area contributed by atoms with Crippen molar-refractivity contribution in [2.75, 3.05) is 33.9 Å². The van der Waals surface area contributed by atoms with Crippen LogP contribution in [0.1, 0.15) is 47.8 Å². The summed E-state index contributed by atoms with van der Waals surface area (Å²) in [6, 6.07) is 7.62. The van der Waals surface area contributed by atoms with Crippen LogP contribution >= 0.6 is 12.4 Å². The molecule has 0 fully saturated rings. The minimum Gasteiger partial charge on any atom is -0.508 e. The van der Waals surface area contributed by atoms with E-state index in [1.807, 2.05) is 20.8 Å². The van der Waals surface area contributed by atoms with Crippen molar-refractivity contribution in [3.05, 3.63) is 52.6 Å². The number of phenols is 2. The number of hydrogen-bond acceptors (Lipinski definition) is 7. The van der Waals surface area contributed by atoms with E-state index in [0.29, 0.717) is 42.0 Å². The molecule has 0 atom stereocenters. The number of rotatable bonds is 11. The summed E-state index contributed by atoms with van der Waals surface area (Å²) < 4.78 is 10.3. The number of nitrogens with zero attached hydrogens (tertiary/aromatic N) is 1. The number of carbonyl (C=O) groups is 2. The zero-order chi connectivity index (χ0) is 24.8. The minimum atomic E-state index is -0.639. The van der Waals surface area contributed by atoms with Crippen molar-refractivity contribution in [2.45, 2.75) is 39.2 Å². The van der Waals surface area contributed by atoms with Gasteiger partial charge in [0.05, 0.1) is 25.7 Å². The van der Waals surface area contributed by atoms with Crippen LogP contribution in [-0.4, -0.2) is 66.3 Å². The maximum atomic E-state index is 13.4. The van der Waals surface area contributed by atoms with Gasteiger partial charge in [0, 0.05) is 37.4 Å². The fourth-order valence-corrected chi connectivity index (χ4v) is 3.73. The third kappa shape index (κ3) is 7.35. The second-order valence-corrected chi connectivity index (χ2v) is 8.63. The number of ketones is 1. The molecule has 0 spiro atoms. The number of benzene rings is 2. The molecule has 4 N–H and O–H groups in total. The Kier molecular flexibility index (Phi) is 10.8. The maximum absolute atomic E-state index is 13.4. The molecule has 0 saturated carbocycles. The fourth-order valence-electron chi connectivity index (χ4n) is 3.73. The first kappa shape index (κ1) is 29.2. The van der Waals surface area contributed by atoms with Gasteiger partial charge in [-0.15, -0.1) is 12.4 Å². The van der Waals surface area contributed by atoms with E-state index in [9.17, 15) is 19.8 Å². The second kappa shape index (κ2) is 12.6. The average molecular weight is 495 g/mol. The number of methoxy groups -OCH3 is 2. The van der Waals surface area contributed by atoms with Gasteiger partial charge in [0.15, 0.2) is 5.78 Å². The van der Waals surface area contributed by atoms with E-state index in [1.165, 1.54) is 7.11 Å². The van der Waals surface area contributed by atoms with Crippen molar-refractivity contribution in [3.8, 4) is 17.2 Å². The monoisotopic (exact) mass is 494 g/mol. The maximum Gasteiger partial charge on any atom is 0.227 e. The predicted octanol–water partition coefficient (Wildman–Crippen LogP) is 3.08. The van der Waals surface area contributed by atoms with Gasteiger partial charge in [0.25, 0.3) is 0 Å². The normalized spacial score (nSPS) is 11.0. The van der Waals surface area contributed by atoms with Crippen LogP contribution in [0.5, 0.6) is 17.2 Å². The smallest absolute Gasteiger partial charge is 0.227 e. The largest absolute Gasteiger partial charge is 0.508 e. The Labute approximate surface area is 207 Å². The molecule has 0 saturated heterocycles. The van der Waals surface area contributed by atoms with Crippen molar-refractivity contribution in [1.29, 1.82) is 0 Å². The summed E-state index contributed by atoms with van der Waals surface area (Å²) in [5.41, 5.74) is 6.58.